The van der Waals surface area contributed by atoms with Gasteiger partial charge in [0.1, 0.15) is 11.6 Å². The predicted octanol–water partition coefficient (Wildman–Crippen LogP) is 5.13. The molecule has 0 bridgehead atoms. The van der Waals surface area contributed by atoms with Crippen LogP contribution in [0.5, 0.6) is 0 Å². The fourth-order valence-corrected chi connectivity index (χ4v) is 6.09. The smallest absolute Gasteiger partial charge is 0.207 e. The van der Waals surface area contributed by atoms with E-state index in [4.69, 9.17) is 0 Å². The van der Waals surface area contributed by atoms with Crippen molar-refractivity contribution in [2.75, 3.05) is 18.8 Å². The van der Waals surface area contributed by atoms with Gasteiger partial charge in [-0.15, -0.1) is 0 Å². The first kappa shape index (κ1) is 21.3. The van der Waals surface area contributed by atoms with Crippen LogP contribution >= 0.6 is 11.8 Å². The van der Waals surface area contributed by atoms with Crippen molar-refractivity contribution in [1.29, 1.82) is 0 Å². The van der Waals surface area contributed by atoms with Gasteiger partial charge < -0.3 is 0 Å². The number of thioether (sulfide) groups is 1. The van der Waals surface area contributed by atoms with Crippen molar-refractivity contribution in [2.24, 2.45) is 0 Å². The molecule has 0 amide bonds. The number of rotatable bonds is 3. The molecule has 7 heteroatoms. The van der Waals surface area contributed by atoms with Crippen LogP contribution in [0, 0.1) is 11.6 Å². The normalized spacial score (nSPS) is 19.4. The van der Waals surface area contributed by atoms with Crippen molar-refractivity contribution >= 4 is 21.8 Å². The highest BCUT2D eigenvalue weighted by Gasteiger charge is 2.29. The topological polar surface area (TPSA) is 37.4 Å². The maximum Gasteiger partial charge on any atom is 0.243 e. The maximum atomic E-state index is 14.1. The fourth-order valence-electron chi connectivity index (χ4n) is 3.28. The Hall–Kier alpha value is -1.44. The summed E-state index contributed by atoms with van der Waals surface area (Å²) >= 11 is 1.47. The Morgan fingerprint density at radius 2 is 1.71 bits per heavy atom. The summed E-state index contributed by atoms with van der Waals surface area (Å²) in [5, 5.41) is -0.265. The van der Waals surface area contributed by atoms with Crippen molar-refractivity contribution in [1.82, 2.24) is 4.31 Å². The van der Waals surface area contributed by atoms with Crippen LogP contribution in [0.25, 0.3) is 0 Å². The largest absolute Gasteiger partial charge is 0.243 e. The first-order valence-corrected chi connectivity index (χ1v) is 11.7. The van der Waals surface area contributed by atoms with Crippen molar-refractivity contribution in [3.63, 3.8) is 0 Å². The zero-order valence-corrected chi connectivity index (χ0v) is 17.9. The fraction of sp³-hybridized carbons (Fsp3) is 0.429. The Morgan fingerprint density at radius 1 is 1.04 bits per heavy atom. The van der Waals surface area contributed by atoms with Crippen molar-refractivity contribution in [3.05, 3.63) is 65.2 Å². The number of benzene rings is 2. The lowest BCUT2D eigenvalue weighted by Crippen LogP contribution is -2.33. The third-order valence-corrected chi connectivity index (χ3v) is 8.19. The van der Waals surface area contributed by atoms with Crippen LogP contribution in [0.1, 0.15) is 43.6 Å². The first-order valence-electron chi connectivity index (χ1n) is 9.26. The van der Waals surface area contributed by atoms with Gasteiger partial charge in [-0.1, -0.05) is 32.9 Å². The molecule has 152 valence electrons. The first-order chi connectivity index (χ1) is 13.1. The van der Waals surface area contributed by atoms with Gasteiger partial charge in [-0.05, 0) is 47.7 Å². The lowest BCUT2D eigenvalue weighted by Gasteiger charge is -2.22. The molecule has 0 saturated carbocycles. The van der Waals surface area contributed by atoms with E-state index in [2.05, 4.69) is 20.8 Å². The van der Waals surface area contributed by atoms with E-state index < -0.39 is 21.7 Å². The zero-order valence-electron chi connectivity index (χ0n) is 16.3. The Labute approximate surface area is 170 Å². The second-order valence-corrected chi connectivity index (χ2v) is 11.2. The van der Waals surface area contributed by atoms with Crippen molar-refractivity contribution in [3.8, 4) is 0 Å². The van der Waals surface area contributed by atoms with E-state index in [0.717, 1.165) is 17.7 Å². The van der Waals surface area contributed by atoms with Gasteiger partial charge in [0.2, 0.25) is 10.0 Å². The van der Waals surface area contributed by atoms with E-state index in [9.17, 15) is 17.2 Å². The third kappa shape index (κ3) is 4.58. The summed E-state index contributed by atoms with van der Waals surface area (Å²) in [6.07, 6.45) is 0.435. The Balaban J connectivity index is 1.78. The van der Waals surface area contributed by atoms with Gasteiger partial charge in [-0.3, -0.25) is 0 Å². The molecule has 0 spiro atoms. The molecule has 0 radical (unpaired) electrons. The van der Waals surface area contributed by atoms with Gasteiger partial charge in [0.05, 0.1) is 4.90 Å². The molecule has 3 nitrogen and oxygen atoms in total. The van der Waals surface area contributed by atoms with Crippen LogP contribution in [-0.4, -0.2) is 31.6 Å². The van der Waals surface area contributed by atoms with Crippen LogP contribution in [0.4, 0.5) is 8.78 Å². The van der Waals surface area contributed by atoms with Gasteiger partial charge >= 0.3 is 0 Å². The molecule has 1 aliphatic rings. The Bertz CT molecular complexity index is 938. The number of hydrogen-bond donors (Lipinski definition) is 0. The van der Waals surface area contributed by atoms with Gasteiger partial charge in [0.25, 0.3) is 0 Å². The lowest BCUT2D eigenvalue weighted by molar-refractivity contribution is 0.426. The summed E-state index contributed by atoms with van der Waals surface area (Å²) in [6, 6.07) is 10.4. The molecular formula is C21H25F2NO2S2. The summed E-state index contributed by atoms with van der Waals surface area (Å²) < 4.78 is 55.2. The molecular weight excluding hydrogens is 400 g/mol. The molecule has 1 saturated heterocycles. The zero-order chi connectivity index (χ0) is 20.5. The molecule has 1 aliphatic heterocycles. The van der Waals surface area contributed by atoms with E-state index in [-0.39, 0.29) is 22.1 Å². The highest BCUT2D eigenvalue weighted by molar-refractivity contribution is 7.99. The van der Waals surface area contributed by atoms with Crippen LogP contribution in [0.2, 0.25) is 0 Å². The Kier molecular flexibility index (Phi) is 6.17. The average molecular weight is 426 g/mol. The summed E-state index contributed by atoms with van der Waals surface area (Å²) in [5.41, 5.74) is 1.32. The number of sulfonamides is 1. The predicted molar refractivity (Wildman–Crippen MR) is 110 cm³/mol. The number of halogens is 2. The molecule has 2 aromatic carbocycles. The number of hydrogen-bond acceptors (Lipinski definition) is 3. The summed E-state index contributed by atoms with van der Waals surface area (Å²) in [5.74, 6) is -0.405. The molecule has 3 rings (SSSR count). The van der Waals surface area contributed by atoms with E-state index in [0.29, 0.717) is 24.3 Å². The maximum absolute atomic E-state index is 14.1. The standard InChI is InChI=1S/C21H25F2NO2S2/c1-21(2,3)15-4-7-17(8-5-15)28(25,26)24-11-10-20(27-13-12-24)18-14-16(22)6-9-19(18)23/h4-9,14,20H,10-13H2,1-3H3. The van der Waals surface area contributed by atoms with Gasteiger partial charge in [-0.25, -0.2) is 17.2 Å². The SMILES string of the molecule is CC(C)(C)c1ccc(S(=O)(=O)N2CCSC(c3cc(F)ccc3F)CC2)cc1. The monoisotopic (exact) mass is 425 g/mol. The minimum absolute atomic E-state index is 0.0518. The minimum Gasteiger partial charge on any atom is -0.207 e. The summed E-state index contributed by atoms with van der Waals surface area (Å²) in [6.45, 7) is 6.86. The summed E-state index contributed by atoms with van der Waals surface area (Å²) in [7, 11) is -3.62. The lowest BCUT2D eigenvalue weighted by atomic mass is 9.87. The van der Waals surface area contributed by atoms with Crippen LogP contribution in [-0.2, 0) is 15.4 Å². The molecule has 1 fully saturated rings. The molecule has 0 aliphatic carbocycles. The molecule has 0 aromatic heterocycles. The second kappa shape index (κ2) is 8.13. The van der Waals surface area contributed by atoms with Crippen LogP contribution in [0.15, 0.2) is 47.4 Å². The molecule has 28 heavy (non-hydrogen) atoms. The van der Waals surface area contributed by atoms with Crippen molar-refractivity contribution in [2.45, 2.75) is 42.8 Å². The molecule has 2 aromatic rings. The highest BCUT2D eigenvalue weighted by atomic mass is 32.2. The third-order valence-electron chi connectivity index (χ3n) is 4.96. The van der Waals surface area contributed by atoms with Crippen LogP contribution in [0.3, 0.4) is 0 Å². The van der Waals surface area contributed by atoms with E-state index >= 15 is 0 Å². The average Bonchev–Trinajstić information content (AvgIpc) is 2.90. The molecule has 1 unspecified atom stereocenters. The molecule has 0 N–H and O–H groups in total. The van der Waals surface area contributed by atoms with E-state index in [1.54, 1.807) is 12.1 Å². The van der Waals surface area contributed by atoms with Gasteiger partial charge in [0.15, 0.2) is 0 Å². The van der Waals surface area contributed by atoms with E-state index in [1.165, 1.54) is 22.1 Å². The highest BCUT2D eigenvalue weighted by Crippen LogP contribution is 2.37. The second-order valence-electron chi connectivity index (χ2n) is 7.99. The quantitative estimate of drug-likeness (QED) is 0.684. The molecule has 1 atom stereocenters. The minimum atomic E-state index is -3.62. The molecule has 1 heterocycles. The van der Waals surface area contributed by atoms with Gasteiger partial charge in [-0.2, -0.15) is 16.1 Å². The summed E-state index contributed by atoms with van der Waals surface area (Å²) in [4.78, 5) is 0.265. The number of nitrogens with zero attached hydrogens (tertiary/aromatic N) is 1. The van der Waals surface area contributed by atoms with Gasteiger partial charge in [0, 0.05) is 29.7 Å². The van der Waals surface area contributed by atoms with Crippen LogP contribution < -0.4 is 0 Å². The van der Waals surface area contributed by atoms with Crippen molar-refractivity contribution < 1.29 is 17.2 Å². The Morgan fingerprint density at radius 3 is 2.36 bits per heavy atom. The van der Waals surface area contributed by atoms with E-state index in [1.807, 2.05) is 12.1 Å².